The summed E-state index contributed by atoms with van der Waals surface area (Å²) < 4.78 is 28.4. The molecule has 3 heterocycles. The summed E-state index contributed by atoms with van der Waals surface area (Å²) in [5.74, 6) is 0.178. The van der Waals surface area contributed by atoms with Crippen LogP contribution in [0.15, 0.2) is 43.1 Å². The van der Waals surface area contributed by atoms with Gasteiger partial charge in [0, 0.05) is 24.6 Å². The number of aromatic nitrogens is 5. The zero-order chi connectivity index (χ0) is 23.4. The Balaban J connectivity index is 1.42. The molecule has 3 aromatic rings. The Kier molecular flexibility index (Phi) is 6.77. The van der Waals surface area contributed by atoms with Crippen LogP contribution < -0.4 is 10.5 Å². The Morgan fingerprint density at radius 3 is 2.94 bits per heavy atom. The highest BCUT2D eigenvalue weighted by molar-refractivity contribution is 7.84. The molecule has 0 spiro atoms. The van der Waals surface area contributed by atoms with Crippen molar-refractivity contribution in [3.8, 4) is 0 Å². The molecule has 4 rings (SSSR count). The molecule has 12 heteroatoms. The quantitative estimate of drug-likeness (QED) is 0.441. The lowest BCUT2D eigenvalue weighted by atomic mass is 10.1. The summed E-state index contributed by atoms with van der Waals surface area (Å²) in [4.78, 5) is 25.7. The second-order valence-electron chi connectivity index (χ2n) is 8.13. The van der Waals surface area contributed by atoms with Gasteiger partial charge in [-0.15, -0.1) is 0 Å². The van der Waals surface area contributed by atoms with Gasteiger partial charge in [0.25, 0.3) is 0 Å². The number of carbonyl (C=O) groups excluding carboxylic acids is 1. The predicted octanol–water partition coefficient (Wildman–Crippen LogP) is 1.46. The first-order valence-corrected chi connectivity index (χ1v) is 12.0. The summed E-state index contributed by atoms with van der Waals surface area (Å²) in [5.41, 5.74) is 2.56. The van der Waals surface area contributed by atoms with Crippen molar-refractivity contribution in [2.75, 3.05) is 11.9 Å². The lowest BCUT2D eigenvalue weighted by Gasteiger charge is -2.15. The van der Waals surface area contributed by atoms with E-state index < -0.39 is 10.3 Å². The van der Waals surface area contributed by atoms with Gasteiger partial charge in [-0.2, -0.15) is 13.5 Å². The molecule has 3 N–H and O–H groups in total. The number of nitrogens with two attached hydrogens (primary N) is 1. The van der Waals surface area contributed by atoms with Crippen LogP contribution in [-0.2, 0) is 21.0 Å². The minimum absolute atomic E-state index is 0.0190. The largest absolute Gasteiger partial charge is 0.367 e. The maximum absolute atomic E-state index is 13.1. The van der Waals surface area contributed by atoms with Gasteiger partial charge in [0.15, 0.2) is 0 Å². The SMILES string of the molecule is Cc1ccnc(Cn2ccc(C(=O)c3cncnc3NC3CCC(COS(N)(=O)=O)C3)n2)c1. The number of pyridine rings is 1. The van der Waals surface area contributed by atoms with Gasteiger partial charge in [0.1, 0.15) is 17.8 Å². The van der Waals surface area contributed by atoms with E-state index in [1.165, 1.54) is 12.5 Å². The number of anilines is 1. The van der Waals surface area contributed by atoms with E-state index in [2.05, 4.69) is 25.4 Å². The summed E-state index contributed by atoms with van der Waals surface area (Å²) in [5, 5.41) is 12.6. The van der Waals surface area contributed by atoms with E-state index in [-0.39, 0.29) is 30.0 Å². The first kappa shape index (κ1) is 23.0. The van der Waals surface area contributed by atoms with Gasteiger partial charge in [0.2, 0.25) is 5.78 Å². The van der Waals surface area contributed by atoms with E-state index in [1.54, 1.807) is 23.1 Å². The molecule has 1 saturated carbocycles. The zero-order valence-corrected chi connectivity index (χ0v) is 18.9. The lowest BCUT2D eigenvalue weighted by Crippen LogP contribution is -2.22. The maximum atomic E-state index is 13.1. The molecule has 0 aliphatic heterocycles. The summed E-state index contributed by atoms with van der Waals surface area (Å²) in [6.07, 6.45) is 8.56. The van der Waals surface area contributed by atoms with Crippen LogP contribution in [0.4, 0.5) is 5.82 Å². The second-order valence-corrected chi connectivity index (χ2v) is 9.36. The number of aryl methyl sites for hydroxylation is 1. The average Bonchev–Trinajstić information content (AvgIpc) is 3.41. The number of carbonyl (C=O) groups is 1. The normalized spacial score (nSPS) is 18.4. The highest BCUT2D eigenvalue weighted by Gasteiger charge is 2.28. The van der Waals surface area contributed by atoms with Crippen LogP contribution in [0, 0.1) is 12.8 Å². The van der Waals surface area contributed by atoms with Crippen molar-refractivity contribution >= 4 is 21.9 Å². The van der Waals surface area contributed by atoms with Gasteiger partial charge in [0.05, 0.1) is 24.4 Å². The number of nitrogens with zero attached hydrogens (tertiary/aromatic N) is 5. The van der Waals surface area contributed by atoms with Crippen molar-refractivity contribution in [2.24, 2.45) is 11.1 Å². The topological polar surface area (TPSA) is 155 Å². The first-order valence-electron chi connectivity index (χ1n) is 10.5. The molecule has 1 aliphatic rings. The second kappa shape index (κ2) is 9.73. The third-order valence-corrected chi connectivity index (χ3v) is 5.94. The number of nitrogens with one attached hydrogen (secondary N) is 1. The molecule has 1 aliphatic carbocycles. The highest BCUT2D eigenvalue weighted by atomic mass is 32.2. The van der Waals surface area contributed by atoms with Crippen molar-refractivity contribution in [1.29, 1.82) is 0 Å². The number of hydrogen-bond acceptors (Lipinski definition) is 9. The predicted molar refractivity (Wildman–Crippen MR) is 120 cm³/mol. The molecule has 11 nitrogen and oxygen atoms in total. The summed E-state index contributed by atoms with van der Waals surface area (Å²) in [6, 6.07) is 5.57. The van der Waals surface area contributed by atoms with Crippen LogP contribution in [0.1, 0.15) is 46.6 Å². The maximum Gasteiger partial charge on any atom is 0.333 e. The van der Waals surface area contributed by atoms with Gasteiger partial charge in [-0.05, 0) is 55.9 Å². The third-order valence-electron chi connectivity index (χ3n) is 5.48. The van der Waals surface area contributed by atoms with Gasteiger partial charge >= 0.3 is 10.3 Å². The molecule has 0 aromatic carbocycles. The van der Waals surface area contributed by atoms with E-state index in [4.69, 9.17) is 9.32 Å². The van der Waals surface area contributed by atoms with E-state index in [0.29, 0.717) is 24.3 Å². The number of rotatable bonds is 9. The minimum atomic E-state index is -3.96. The fourth-order valence-corrected chi connectivity index (χ4v) is 4.29. The van der Waals surface area contributed by atoms with E-state index in [1.807, 2.05) is 19.1 Å². The van der Waals surface area contributed by atoms with Crippen LogP contribution >= 0.6 is 0 Å². The molecule has 0 saturated heterocycles. The Bertz CT molecular complexity index is 1240. The van der Waals surface area contributed by atoms with Gasteiger partial charge in [-0.25, -0.2) is 15.1 Å². The van der Waals surface area contributed by atoms with Crippen LogP contribution in [0.25, 0.3) is 0 Å². The Labute approximate surface area is 191 Å². The molecule has 1 fully saturated rings. The Morgan fingerprint density at radius 1 is 1.30 bits per heavy atom. The van der Waals surface area contributed by atoms with Gasteiger partial charge in [-0.1, -0.05) is 0 Å². The fourth-order valence-electron chi connectivity index (χ4n) is 3.91. The molecule has 0 radical (unpaired) electrons. The minimum Gasteiger partial charge on any atom is -0.367 e. The van der Waals surface area contributed by atoms with Crippen molar-refractivity contribution in [2.45, 2.75) is 38.8 Å². The number of ketones is 1. The molecule has 174 valence electrons. The third kappa shape index (κ3) is 6.18. The molecular weight excluding hydrogens is 446 g/mol. The zero-order valence-electron chi connectivity index (χ0n) is 18.1. The number of hydrogen-bond donors (Lipinski definition) is 2. The monoisotopic (exact) mass is 471 g/mol. The molecule has 0 bridgehead atoms. The fraction of sp³-hybridized carbons (Fsp3) is 0.381. The van der Waals surface area contributed by atoms with E-state index in [9.17, 15) is 13.2 Å². The smallest absolute Gasteiger partial charge is 0.333 e. The van der Waals surface area contributed by atoms with Crippen molar-refractivity contribution < 1.29 is 17.4 Å². The Hall–Kier alpha value is -3.22. The van der Waals surface area contributed by atoms with Crippen LogP contribution in [0.3, 0.4) is 0 Å². The Morgan fingerprint density at radius 2 is 2.15 bits per heavy atom. The van der Waals surface area contributed by atoms with Crippen molar-refractivity contribution in [1.82, 2.24) is 24.7 Å². The summed E-state index contributed by atoms with van der Waals surface area (Å²) >= 11 is 0. The van der Waals surface area contributed by atoms with Crippen LogP contribution in [-0.4, -0.2) is 51.6 Å². The van der Waals surface area contributed by atoms with Gasteiger partial charge < -0.3 is 5.32 Å². The first-order chi connectivity index (χ1) is 15.8. The van der Waals surface area contributed by atoms with Crippen molar-refractivity contribution in [3.05, 3.63) is 65.6 Å². The standard InChI is InChI=1S/C21H25N7O4S/c1-14-4-6-24-17(8-14)11-28-7-5-19(27-28)20(29)18-10-23-13-25-21(18)26-16-3-2-15(9-16)12-32-33(22,30)31/h4-8,10,13,15-16H,2-3,9,11-12H2,1H3,(H2,22,30,31)(H,23,25,26). The van der Waals surface area contributed by atoms with Crippen LogP contribution in [0.5, 0.6) is 0 Å². The van der Waals surface area contributed by atoms with E-state index >= 15 is 0 Å². The molecule has 2 atom stereocenters. The summed E-state index contributed by atoms with van der Waals surface area (Å²) in [6.45, 7) is 2.49. The average molecular weight is 472 g/mol. The molecule has 3 aromatic heterocycles. The molecular formula is C21H25N7O4S. The molecule has 2 unspecified atom stereocenters. The molecule has 0 amide bonds. The summed E-state index contributed by atoms with van der Waals surface area (Å²) in [7, 11) is -3.96. The van der Waals surface area contributed by atoms with Gasteiger partial charge in [-0.3, -0.25) is 18.6 Å². The van der Waals surface area contributed by atoms with E-state index in [0.717, 1.165) is 24.1 Å². The molecule has 33 heavy (non-hydrogen) atoms. The van der Waals surface area contributed by atoms with Crippen molar-refractivity contribution in [3.63, 3.8) is 0 Å². The van der Waals surface area contributed by atoms with Crippen LogP contribution in [0.2, 0.25) is 0 Å². The lowest BCUT2D eigenvalue weighted by molar-refractivity contribution is 0.103. The highest BCUT2D eigenvalue weighted by Crippen LogP contribution is 2.29.